The van der Waals surface area contributed by atoms with Crippen LogP contribution in [0.15, 0.2) is 48.0 Å². The predicted molar refractivity (Wildman–Crippen MR) is 98.9 cm³/mol. The Morgan fingerprint density at radius 2 is 2.04 bits per heavy atom. The van der Waals surface area contributed by atoms with Crippen molar-refractivity contribution in [2.24, 2.45) is 0 Å². The molecular formula is C21H18N2O2. The number of aryl methyl sites for hydroxylation is 2. The maximum absolute atomic E-state index is 12.5. The van der Waals surface area contributed by atoms with Crippen LogP contribution in [0.2, 0.25) is 0 Å². The van der Waals surface area contributed by atoms with E-state index in [1.807, 2.05) is 38.1 Å². The number of hydrogen-bond donors (Lipinski definition) is 1. The zero-order valence-corrected chi connectivity index (χ0v) is 14.2. The van der Waals surface area contributed by atoms with Crippen LogP contribution in [-0.2, 0) is 4.79 Å². The monoisotopic (exact) mass is 330 g/mol. The van der Waals surface area contributed by atoms with Crippen molar-refractivity contribution in [2.75, 3.05) is 11.9 Å². The fourth-order valence-electron chi connectivity index (χ4n) is 2.21. The van der Waals surface area contributed by atoms with Crippen molar-refractivity contribution >= 4 is 17.7 Å². The van der Waals surface area contributed by atoms with E-state index in [2.05, 4.69) is 11.2 Å². The van der Waals surface area contributed by atoms with E-state index in [1.54, 1.807) is 24.3 Å². The molecule has 0 heterocycles. The SMILES string of the molecule is C#CCOc1ccccc1/C=C(\C#N)C(=O)Nc1cc(C)ccc1C. The second-order valence-electron chi connectivity index (χ2n) is 5.47. The van der Waals surface area contributed by atoms with Gasteiger partial charge in [0.1, 0.15) is 24.0 Å². The third-order valence-electron chi connectivity index (χ3n) is 3.54. The van der Waals surface area contributed by atoms with Gasteiger partial charge in [-0.1, -0.05) is 36.3 Å². The molecule has 0 aromatic heterocycles. The van der Waals surface area contributed by atoms with Crippen LogP contribution in [0.3, 0.4) is 0 Å². The van der Waals surface area contributed by atoms with Crippen molar-refractivity contribution < 1.29 is 9.53 Å². The Bertz CT molecular complexity index is 899. The van der Waals surface area contributed by atoms with E-state index >= 15 is 0 Å². The summed E-state index contributed by atoms with van der Waals surface area (Å²) < 4.78 is 5.44. The van der Waals surface area contributed by atoms with Gasteiger partial charge in [-0.3, -0.25) is 4.79 Å². The van der Waals surface area contributed by atoms with Crippen molar-refractivity contribution in [3.05, 3.63) is 64.7 Å². The van der Waals surface area contributed by atoms with Crippen LogP contribution in [0.4, 0.5) is 5.69 Å². The summed E-state index contributed by atoms with van der Waals surface area (Å²) in [7, 11) is 0. The minimum Gasteiger partial charge on any atom is -0.480 e. The molecule has 1 N–H and O–H groups in total. The first kappa shape index (κ1) is 17.8. The highest BCUT2D eigenvalue weighted by Crippen LogP contribution is 2.22. The third kappa shape index (κ3) is 4.73. The Labute approximate surface area is 147 Å². The second kappa shape index (κ2) is 8.38. The van der Waals surface area contributed by atoms with Crippen LogP contribution >= 0.6 is 0 Å². The van der Waals surface area contributed by atoms with Crippen LogP contribution in [0.5, 0.6) is 5.75 Å². The molecule has 0 unspecified atom stereocenters. The Morgan fingerprint density at radius 1 is 1.28 bits per heavy atom. The van der Waals surface area contributed by atoms with E-state index in [0.717, 1.165) is 11.1 Å². The number of amides is 1. The lowest BCUT2D eigenvalue weighted by Gasteiger charge is -2.10. The first-order valence-electron chi connectivity index (χ1n) is 7.71. The number of terminal acetylenes is 1. The molecule has 2 aromatic rings. The Kier molecular flexibility index (Phi) is 5.98. The number of nitrogens with one attached hydrogen (secondary N) is 1. The molecule has 0 aliphatic heterocycles. The third-order valence-corrected chi connectivity index (χ3v) is 3.54. The lowest BCUT2D eigenvalue weighted by atomic mass is 10.1. The average molecular weight is 330 g/mol. The van der Waals surface area contributed by atoms with Gasteiger partial charge in [-0.2, -0.15) is 5.26 Å². The highest BCUT2D eigenvalue weighted by molar-refractivity contribution is 6.10. The van der Waals surface area contributed by atoms with E-state index in [4.69, 9.17) is 11.2 Å². The number of carbonyl (C=O) groups excluding carboxylic acids is 1. The molecule has 2 rings (SSSR count). The van der Waals surface area contributed by atoms with Crippen LogP contribution < -0.4 is 10.1 Å². The van der Waals surface area contributed by atoms with Crippen molar-refractivity contribution in [2.45, 2.75) is 13.8 Å². The van der Waals surface area contributed by atoms with Gasteiger partial charge in [-0.15, -0.1) is 6.42 Å². The van der Waals surface area contributed by atoms with E-state index in [0.29, 0.717) is 17.0 Å². The number of nitriles is 1. The van der Waals surface area contributed by atoms with Gasteiger partial charge in [-0.25, -0.2) is 0 Å². The van der Waals surface area contributed by atoms with E-state index in [1.165, 1.54) is 6.08 Å². The molecule has 0 spiro atoms. The molecule has 0 bridgehead atoms. The summed E-state index contributed by atoms with van der Waals surface area (Å²) in [6, 6.07) is 14.8. The second-order valence-corrected chi connectivity index (χ2v) is 5.47. The van der Waals surface area contributed by atoms with Crippen molar-refractivity contribution in [1.29, 1.82) is 5.26 Å². The minimum absolute atomic E-state index is 0.0161. The molecule has 0 fully saturated rings. The number of rotatable bonds is 5. The number of anilines is 1. The number of carbonyl (C=O) groups is 1. The zero-order chi connectivity index (χ0) is 18.2. The average Bonchev–Trinajstić information content (AvgIpc) is 2.61. The summed E-state index contributed by atoms with van der Waals surface area (Å²) >= 11 is 0. The van der Waals surface area contributed by atoms with Gasteiger partial charge < -0.3 is 10.1 Å². The predicted octanol–water partition coefficient (Wildman–Crippen LogP) is 3.86. The molecule has 4 nitrogen and oxygen atoms in total. The molecule has 0 atom stereocenters. The first-order chi connectivity index (χ1) is 12.0. The summed E-state index contributed by atoms with van der Waals surface area (Å²) in [5.74, 6) is 2.44. The normalized spacial score (nSPS) is 10.5. The molecule has 4 heteroatoms. The largest absolute Gasteiger partial charge is 0.480 e. The number of hydrogen-bond acceptors (Lipinski definition) is 3. The summed E-state index contributed by atoms with van der Waals surface area (Å²) in [4.78, 5) is 12.5. The number of ether oxygens (including phenoxy) is 1. The lowest BCUT2D eigenvalue weighted by Crippen LogP contribution is -2.14. The molecule has 0 saturated carbocycles. The number of nitrogens with zero attached hydrogens (tertiary/aromatic N) is 1. The van der Waals surface area contributed by atoms with E-state index in [-0.39, 0.29) is 12.2 Å². The van der Waals surface area contributed by atoms with E-state index in [9.17, 15) is 10.1 Å². The molecule has 124 valence electrons. The summed E-state index contributed by atoms with van der Waals surface area (Å²) in [5.41, 5.74) is 3.23. The fourth-order valence-corrected chi connectivity index (χ4v) is 2.21. The smallest absolute Gasteiger partial charge is 0.266 e. The molecular weight excluding hydrogens is 312 g/mol. The van der Waals surface area contributed by atoms with E-state index < -0.39 is 5.91 Å². The van der Waals surface area contributed by atoms with Gasteiger partial charge in [0.25, 0.3) is 5.91 Å². The molecule has 0 saturated heterocycles. The highest BCUT2D eigenvalue weighted by Gasteiger charge is 2.12. The summed E-state index contributed by atoms with van der Waals surface area (Å²) in [6.45, 7) is 3.95. The van der Waals surface area contributed by atoms with Crippen LogP contribution in [0.1, 0.15) is 16.7 Å². The molecule has 0 radical (unpaired) electrons. The van der Waals surface area contributed by atoms with Gasteiger partial charge in [-0.05, 0) is 43.2 Å². The Hall–Kier alpha value is -3.50. The molecule has 25 heavy (non-hydrogen) atoms. The maximum atomic E-state index is 12.5. The number of benzene rings is 2. The Morgan fingerprint density at radius 3 is 2.76 bits per heavy atom. The molecule has 0 aliphatic rings. The fraction of sp³-hybridized carbons (Fsp3) is 0.143. The van der Waals surface area contributed by atoms with Crippen molar-refractivity contribution in [3.63, 3.8) is 0 Å². The van der Waals surface area contributed by atoms with Crippen molar-refractivity contribution in [3.8, 4) is 24.2 Å². The summed E-state index contributed by atoms with van der Waals surface area (Å²) in [6.07, 6.45) is 6.70. The number of para-hydroxylation sites is 1. The van der Waals surface area contributed by atoms with Gasteiger partial charge in [0.05, 0.1) is 0 Å². The van der Waals surface area contributed by atoms with Crippen LogP contribution in [0.25, 0.3) is 6.08 Å². The van der Waals surface area contributed by atoms with Gasteiger partial charge >= 0.3 is 0 Å². The molecule has 2 aromatic carbocycles. The topological polar surface area (TPSA) is 62.1 Å². The van der Waals surface area contributed by atoms with Gasteiger partial charge in [0.2, 0.25) is 0 Å². The zero-order valence-electron chi connectivity index (χ0n) is 14.2. The summed E-state index contributed by atoms with van der Waals surface area (Å²) in [5, 5.41) is 12.2. The van der Waals surface area contributed by atoms with Gasteiger partial charge in [0.15, 0.2) is 0 Å². The minimum atomic E-state index is -0.469. The lowest BCUT2D eigenvalue weighted by molar-refractivity contribution is -0.112. The molecule has 0 aliphatic carbocycles. The van der Waals surface area contributed by atoms with Crippen LogP contribution in [-0.4, -0.2) is 12.5 Å². The Balaban J connectivity index is 2.29. The molecule has 1 amide bonds. The van der Waals surface area contributed by atoms with Gasteiger partial charge in [0, 0.05) is 11.3 Å². The quantitative estimate of drug-likeness (QED) is 0.514. The van der Waals surface area contributed by atoms with Crippen molar-refractivity contribution in [1.82, 2.24) is 0 Å². The maximum Gasteiger partial charge on any atom is 0.266 e. The highest BCUT2D eigenvalue weighted by atomic mass is 16.5. The first-order valence-corrected chi connectivity index (χ1v) is 7.71. The van der Waals surface area contributed by atoms with Crippen LogP contribution in [0, 0.1) is 37.5 Å². The standard InChI is InChI=1S/C21H18N2O2/c1-4-11-25-20-8-6-5-7-17(20)13-18(14-22)21(24)23-19-12-15(2)9-10-16(19)3/h1,5-10,12-13H,11H2,2-3H3,(H,23,24)/b18-13+.